The molecule has 2 rings (SSSR count). The van der Waals surface area contributed by atoms with Crippen LogP contribution in [-0.4, -0.2) is 0 Å². The van der Waals surface area contributed by atoms with Gasteiger partial charge in [-0.2, -0.15) is 0 Å². The van der Waals surface area contributed by atoms with Crippen LogP contribution >= 0.6 is 0 Å². The van der Waals surface area contributed by atoms with E-state index in [1.807, 2.05) is 36.4 Å². The third kappa shape index (κ3) is 2.69. The molecule has 100 valence electrons. The summed E-state index contributed by atoms with van der Waals surface area (Å²) in [5.74, 6) is -0.195. The topological polar surface area (TPSA) is 26.0 Å². The lowest BCUT2D eigenvalue weighted by Gasteiger charge is -2.31. The van der Waals surface area contributed by atoms with Crippen LogP contribution in [0.25, 0.3) is 0 Å². The first-order valence-corrected chi connectivity index (χ1v) is 6.69. The Morgan fingerprint density at radius 2 is 1.74 bits per heavy atom. The molecule has 0 fully saturated rings. The van der Waals surface area contributed by atoms with E-state index in [9.17, 15) is 4.39 Å². The molecule has 0 spiro atoms. The maximum absolute atomic E-state index is 13.8. The average molecular weight is 257 g/mol. The van der Waals surface area contributed by atoms with Gasteiger partial charge in [-0.15, -0.1) is 0 Å². The fourth-order valence-electron chi connectivity index (χ4n) is 2.46. The van der Waals surface area contributed by atoms with Gasteiger partial charge in [-0.25, -0.2) is 4.39 Å². The van der Waals surface area contributed by atoms with Crippen molar-refractivity contribution in [3.63, 3.8) is 0 Å². The highest BCUT2D eigenvalue weighted by Crippen LogP contribution is 2.32. The molecule has 0 aliphatic heterocycles. The Morgan fingerprint density at radius 3 is 2.32 bits per heavy atom. The van der Waals surface area contributed by atoms with Crippen LogP contribution in [0, 0.1) is 12.7 Å². The van der Waals surface area contributed by atoms with Gasteiger partial charge in [-0.05, 0) is 36.1 Å². The molecule has 2 aromatic rings. The molecule has 19 heavy (non-hydrogen) atoms. The first-order chi connectivity index (χ1) is 9.08. The number of hydrogen-bond acceptors (Lipinski definition) is 1. The van der Waals surface area contributed by atoms with Crippen molar-refractivity contribution in [2.24, 2.45) is 5.73 Å². The first-order valence-electron chi connectivity index (χ1n) is 6.69. The van der Waals surface area contributed by atoms with Crippen molar-refractivity contribution >= 4 is 0 Å². The van der Waals surface area contributed by atoms with Gasteiger partial charge in [0.1, 0.15) is 5.82 Å². The molecule has 0 amide bonds. The number of benzene rings is 2. The molecule has 0 saturated heterocycles. The van der Waals surface area contributed by atoms with E-state index in [1.165, 1.54) is 0 Å². The fourth-order valence-corrected chi connectivity index (χ4v) is 2.46. The van der Waals surface area contributed by atoms with Crippen LogP contribution in [-0.2, 0) is 5.54 Å². The van der Waals surface area contributed by atoms with Crippen molar-refractivity contribution in [2.75, 3.05) is 0 Å². The van der Waals surface area contributed by atoms with E-state index in [-0.39, 0.29) is 5.82 Å². The van der Waals surface area contributed by atoms with Crippen LogP contribution in [0.4, 0.5) is 4.39 Å². The molecule has 1 unspecified atom stereocenters. The zero-order valence-electron chi connectivity index (χ0n) is 11.5. The lowest BCUT2D eigenvalue weighted by Crippen LogP contribution is -2.38. The Kier molecular flexibility index (Phi) is 4.01. The lowest BCUT2D eigenvalue weighted by atomic mass is 9.80. The SMILES string of the molecule is CCCC(N)(c1ccccc1)c1ccc(C)c(F)c1. The number of nitrogens with two attached hydrogens (primary N) is 1. The number of halogens is 1. The summed E-state index contributed by atoms with van der Waals surface area (Å²) in [6.07, 6.45) is 1.74. The second-order valence-corrected chi connectivity index (χ2v) is 5.05. The van der Waals surface area contributed by atoms with Crippen molar-refractivity contribution < 1.29 is 4.39 Å². The highest BCUT2D eigenvalue weighted by atomic mass is 19.1. The normalized spacial score (nSPS) is 14.1. The molecule has 1 nitrogen and oxygen atoms in total. The Morgan fingerprint density at radius 1 is 1.05 bits per heavy atom. The minimum atomic E-state index is -0.620. The molecule has 0 aliphatic rings. The van der Waals surface area contributed by atoms with Crippen molar-refractivity contribution in [3.8, 4) is 0 Å². The van der Waals surface area contributed by atoms with Crippen LogP contribution in [0.2, 0.25) is 0 Å². The third-order valence-electron chi connectivity index (χ3n) is 3.62. The number of aryl methyl sites for hydroxylation is 1. The van der Waals surface area contributed by atoms with Crippen molar-refractivity contribution in [1.82, 2.24) is 0 Å². The summed E-state index contributed by atoms with van der Waals surface area (Å²) in [6.45, 7) is 3.86. The van der Waals surface area contributed by atoms with E-state index in [1.54, 1.807) is 19.1 Å². The van der Waals surface area contributed by atoms with Gasteiger partial charge in [0, 0.05) is 0 Å². The highest BCUT2D eigenvalue weighted by molar-refractivity contribution is 5.39. The molecule has 2 N–H and O–H groups in total. The smallest absolute Gasteiger partial charge is 0.126 e. The summed E-state index contributed by atoms with van der Waals surface area (Å²) < 4.78 is 13.8. The van der Waals surface area contributed by atoms with Gasteiger partial charge in [0.2, 0.25) is 0 Å². The maximum Gasteiger partial charge on any atom is 0.126 e. The van der Waals surface area contributed by atoms with Crippen LogP contribution in [0.5, 0.6) is 0 Å². The van der Waals surface area contributed by atoms with Crippen molar-refractivity contribution in [1.29, 1.82) is 0 Å². The molecular weight excluding hydrogens is 237 g/mol. The summed E-state index contributed by atoms with van der Waals surface area (Å²) in [4.78, 5) is 0. The van der Waals surface area contributed by atoms with E-state index < -0.39 is 5.54 Å². The predicted octanol–water partition coefficient (Wildman–Crippen LogP) is 4.14. The highest BCUT2D eigenvalue weighted by Gasteiger charge is 2.28. The van der Waals surface area contributed by atoms with E-state index in [0.717, 1.165) is 24.0 Å². The van der Waals surface area contributed by atoms with Gasteiger partial charge in [-0.3, -0.25) is 0 Å². The quantitative estimate of drug-likeness (QED) is 0.875. The molecule has 0 radical (unpaired) electrons. The van der Waals surface area contributed by atoms with E-state index in [4.69, 9.17) is 5.73 Å². The molecule has 0 aromatic heterocycles. The maximum atomic E-state index is 13.8. The molecule has 2 heteroatoms. The standard InChI is InChI=1S/C17H20FN/c1-3-11-17(19,14-7-5-4-6-8-14)15-10-9-13(2)16(18)12-15/h4-10,12H,3,11,19H2,1-2H3. The molecule has 2 aromatic carbocycles. The monoisotopic (exact) mass is 257 g/mol. The summed E-state index contributed by atoms with van der Waals surface area (Å²) in [6, 6.07) is 15.2. The van der Waals surface area contributed by atoms with Crippen LogP contribution in [0.3, 0.4) is 0 Å². The van der Waals surface area contributed by atoms with Gasteiger partial charge in [-0.1, -0.05) is 55.8 Å². The van der Waals surface area contributed by atoms with Gasteiger partial charge in [0.05, 0.1) is 5.54 Å². The zero-order chi connectivity index (χ0) is 13.9. The molecule has 0 saturated carbocycles. The van der Waals surface area contributed by atoms with Crippen LogP contribution in [0.15, 0.2) is 48.5 Å². The summed E-state index contributed by atoms with van der Waals surface area (Å²) in [5.41, 5.74) is 8.50. The van der Waals surface area contributed by atoms with Crippen molar-refractivity contribution in [3.05, 3.63) is 71.0 Å². The Bertz CT molecular complexity index is 550. The van der Waals surface area contributed by atoms with Gasteiger partial charge < -0.3 is 5.73 Å². The summed E-state index contributed by atoms with van der Waals surface area (Å²) in [5, 5.41) is 0. The molecule has 0 aliphatic carbocycles. The molecule has 0 heterocycles. The predicted molar refractivity (Wildman–Crippen MR) is 77.5 cm³/mol. The van der Waals surface area contributed by atoms with Crippen molar-refractivity contribution in [2.45, 2.75) is 32.2 Å². The summed E-state index contributed by atoms with van der Waals surface area (Å²) >= 11 is 0. The van der Waals surface area contributed by atoms with E-state index >= 15 is 0 Å². The zero-order valence-corrected chi connectivity index (χ0v) is 11.5. The van der Waals surface area contributed by atoms with Gasteiger partial charge in [0.15, 0.2) is 0 Å². The minimum Gasteiger partial charge on any atom is -0.318 e. The van der Waals surface area contributed by atoms with E-state index in [0.29, 0.717) is 5.56 Å². The minimum absolute atomic E-state index is 0.195. The largest absolute Gasteiger partial charge is 0.318 e. The van der Waals surface area contributed by atoms with Crippen LogP contribution < -0.4 is 5.73 Å². The Hall–Kier alpha value is -1.67. The number of rotatable bonds is 4. The van der Waals surface area contributed by atoms with E-state index in [2.05, 4.69) is 6.92 Å². The summed E-state index contributed by atoms with van der Waals surface area (Å²) in [7, 11) is 0. The second-order valence-electron chi connectivity index (χ2n) is 5.05. The van der Waals surface area contributed by atoms with Gasteiger partial charge >= 0.3 is 0 Å². The Balaban J connectivity index is 2.52. The lowest BCUT2D eigenvalue weighted by molar-refractivity contribution is 0.480. The van der Waals surface area contributed by atoms with Crippen LogP contribution in [0.1, 0.15) is 36.5 Å². The second kappa shape index (κ2) is 5.54. The average Bonchev–Trinajstić information content (AvgIpc) is 2.43. The van der Waals surface area contributed by atoms with Gasteiger partial charge in [0.25, 0.3) is 0 Å². The molecule has 1 atom stereocenters. The first kappa shape index (κ1) is 13.8. The fraction of sp³-hybridized carbons (Fsp3) is 0.294. The number of hydrogen-bond donors (Lipinski definition) is 1. The molecular formula is C17H20FN. The third-order valence-corrected chi connectivity index (χ3v) is 3.62. The Labute approximate surface area is 114 Å². The molecule has 0 bridgehead atoms.